The summed E-state index contributed by atoms with van der Waals surface area (Å²) >= 11 is 8.63. The van der Waals surface area contributed by atoms with Gasteiger partial charge in [0.05, 0.1) is 5.02 Å². The van der Waals surface area contributed by atoms with E-state index < -0.39 is 34.9 Å². The number of halogens is 6. The van der Waals surface area contributed by atoms with Crippen molar-refractivity contribution in [3.8, 4) is 0 Å². The van der Waals surface area contributed by atoms with Crippen LogP contribution in [0, 0.1) is 23.3 Å². The second-order valence-corrected chi connectivity index (χ2v) is 5.16. The lowest BCUT2D eigenvalue weighted by atomic mass is 10.0. The van der Waals surface area contributed by atoms with Gasteiger partial charge in [0.1, 0.15) is 11.9 Å². The van der Waals surface area contributed by atoms with E-state index in [0.29, 0.717) is 6.07 Å². The van der Waals surface area contributed by atoms with E-state index in [4.69, 9.17) is 11.6 Å². The van der Waals surface area contributed by atoms with E-state index in [0.717, 1.165) is 12.1 Å². The van der Waals surface area contributed by atoms with Crippen molar-refractivity contribution < 1.29 is 22.7 Å². The molecule has 1 atom stereocenters. The van der Waals surface area contributed by atoms with Gasteiger partial charge in [0.25, 0.3) is 0 Å². The molecule has 2 aromatic rings. The Morgan fingerprint density at radius 1 is 0.900 bits per heavy atom. The number of aliphatic hydroxyl groups is 1. The zero-order valence-corrected chi connectivity index (χ0v) is 11.9. The van der Waals surface area contributed by atoms with Crippen LogP contribution in [0.25, 0.3) is 0 Å². The third kappa shape index (κ3) is 2.55. The smallest absolute Gasteiger partial charge is 0.194 e. The van der Waals surface area contributed by atoms with Crippen LogP contribution in [0.3, 0.4) is 0 Å². The first-order valence-corrected chi connectivity index (χ1v) is 6.46. The lowest BCUT2D eigenvalue weighted by Gasteiger charge is -2.15. The molecule has 2 aromatic carbocycles. The van der Waals surface area contributed by atoms with Crippen LogP contribution in [0.1, 0.15) is 17.2 Å². The minimum atomic E-state index is -1.81. The average molecular weight is 370 g/mol. The Morgan fingerprint density at radius 2 is 1.45 bits per heavy atom. The van der Waals surface area contributed by atoms with E-state index in [9.17, 15) is 22.7 Å². The van der Waals surface area contributed by atoms with Gasteiger partial charge in [-0.1, -0.05) is 23.7 Å². The summed E-state index contributed by atoms with van der Waals surface area (Å²) in [4.78, 5) is 0. The first-order chi connectivity index (χ1) is 9.34. The molecule has 0 saturated carbocycles. The average Bonchev–Trinajstić information content (AvgIpc) is 2.42. The van der Waals surface area contributed by atoms with Crippen LogP contribution in [-0.4, -0.2) is 5.11 Å². The van der Waals surface area contributed by atoms with Gasteiger partial charge in [-0.3, -0.25) is 0 Å². The predicted octanol–water partition coefficient (Wildman–Crippen LogP) is 4.74. The van der Waals surface area contributed by atoms with Gasteiger partial charge in [0.15, 0.2) is 17.5 Å². The molecule has 0 spiro atoms. The third-order valence-corrected chi connectivity index (χ3v) is 3.98. The van der Waals surface area contributed by atoms with Crippen LogP contribution in [0.4, 0.5) is 17.6 Å². The fraction of sp³-hybridized carbons (Fsp3) is 0.0769. The summed E-state index contributed by atoms with van der Waals surface area (Å²) in [6.07, 6.45) is -1.81. The minimum Gasteiger partial charge on any atom is -0.383 e. The minimum absolute atomic E-state index is 0.248. The second-order valence-electron chi connectivity index (χ2n) is 3.93. The molecule has 1 nitrogen and oxygen atoms in total. The molecule has 0 aromatic heterocycles. The maximum atomic E-state index is 13.9. The van der Waals surface area contributed by atoms with Crippen molar-refractivity contribution in [2.24, 2.45) is 0 Å². The number of aliphatic hydroxyl groups excluding tert-OH is 1. The second kappa shape index (κ2) is 5.71. The van der Waals surface area contributed by atoms with Crippen molar-refractivity contribution in [1.29, 1.82) is 0 Å². The Kier molecular flexibility index (Phi) is 4.36. The maximum absolute atomic E-state index is 13.9. The fourth-order valence-corrected chi connectivity index (χ4v) is 2.15. The predicted molar refractivity (Wildman–Crippen MR) is 69.5 cm³/mol. The van der Waals surface area contributed by atoms with Crippen LogP contribution < -0.4 is 0 Å². The molecule has 0 radical (unpaired) electrons. The normalized spacial score (nSPS) is 12.6. The summed E-state index contributed by atoms with van der Waals surface area (Å²) in [5.74, 6) is -5.67. The summed E-state index contributed by atoms with van der Waals surface area (Å²) < 4.78 is 53.7. The highest BCUT2D eigenvalue weighted by Crippen LogP contribution is 2.34. The topological polar surface area (TPSA) is 20.2 Å². The van der Waals surface area contributed by atoms with Crippen molar-refractivity contribution in [3.05, 3.63) is 68.2 Å². The fourth-order valence-electron chi connectivity index (χ4n) is 1.67. The molecule has 0 amide bonds. The van der Waals surface area contributed by atoms with E-state index in [1.807, 2.05) is 0 Å². The van der Waals surface area contributed by atoms with Gasteiger partial charge in [-0.25, -0.2) is 17.6 Å². The standard InChI is InChI=1S/C13H6BrClF4O/c14-7-3-1-5(10(17)9(7)15)13(20)6-2-4-8(16)12(19)11(6)18/h1-4,13,20H. The first kappa shape index (κ1) is 15.3. The van der Waals surface area contributed by atoms with E-state index >= 15 is 0 Å². The molecule has 0 saturated heterocycles. The molecule has 1 unspecified atom stereocenters. The zero-order valence-electron chi connectivity index (χ0n) is 9.60. The highest BCUT2D eigenvalue weighted by Gasteiger charge is 2.24. The van der Waals surface area contributed by atoms with Crippen molar-refractivity contribution in [3.63, 3.8) is 0 Å². The molecule has 20 heavy (non-hydrogen) atoms. The van der Waals surface area contributed by atoms with E-state index in [-0.39, 0.29) is 15.1 Å². The molecular weight excluding hydrogens is 363 g/mol. The first-order valence-electron chi connectivity index (χ1n) is 5.29. The number of hydrogen-bond acceptors (Lipinski definition) is 1. The van der Waals surface area contributed by atoms with Crippen LogP contribution in [0.2, 0.25) is 5.02 Å². The summed E-state index contributed by atoms with van der Waals surface area (Å²) in [7, 11) is 0. The van der Waals surface area contributed by atoms with Gasteiger partial charge < -0.3 is 5.11 Å². The van der Waals surface area contributed by atoms with Crippen LogP contribution in [-0.2, 0) is 0 Å². The Hall–Kier alpha value is -1.11. The molecule has 0 heterocycles. The van der Waals surface area contributed by atoms with Gasteiger partial charge in [0, 0.05) is 15.6 Å². The molecule has 0 aliphatic carbocycles. The van der Waals surface area contributed by atoms with Gasteiger partial charge in [-0.15, -0.1) is 0 Å². The molecule has 0 fully saturated rings. The summed E-state index contributed by atoms with van der Waals surface area (Å²) in [6, 6.07) is 4.00. The van der Waals surface area contributed by atoms with E-state index in [1.54, 1.807) is 0 Å². The largest absolute Gasteiger partial charge is 0.383 e. The van der Waals surface area contributed by atoms with Crippen LogP contribution in [0.15, 0.2) is 28.7 Å². The SMILES string of the molecule is OC(c1ccc(F)c(F)c1F)c1ccc(Br)c(Cl)c1F. The number of benzene rings is 2. The van der Waals surface area contributed by atoms with Crippen molar-refractivity contribution in [2.45, 2.75) is 6.10 Å². The molecule has 0 bridgehead atoms. The third-order valence-electron chi connectivity index (χ3n) is 2.72. The molecule has 0 aliphatic heterocycles. The van der Waals surface area contributed by atoms with E-state index in [1.165, 1.54) is 6.07 Å². The molecular formula is C13H6BrClF4O. The molecule has 1 N–H and O–H groups in total. The van der Waals surface area contributed by atoms with Gasteiger partial charge in [-0.2, -0.15) is 0 Å². The summed E-state index contributed by atoms with van der Waals surface area (Å²) in [5.41, 5.74) is -0.927. The lowest BCUT2D eigenvalue weighted by molar-refractivity contribution is 0.207. The molecule has 2 rings (SSSR count). The summed E-state index contributed by atoms with van der Waals surface area (Å²) in [5, 5.41) is 9.64. The Balaban J connectivity index is 2.55. The Morgan fingerprint density at radius 3 is 2.10 bits per heavy atom. The molecule has 7 heteroatoms. The highest BCUT2D eigenvalue weighted by atomic mass is 79.9. The number of hydrogen-bond donors (Lipinski definition) is 1. The van der Waals surface area contributed by atoms with Gasteiger partial charge in [-0.05, 0) is 28.1 Å². The number of rotatable bonds is 2. The maximum Gasteiger partial charge on any atom is 0.194 e. The van der Waals surface area contributed by atoms with Crippen LogP contribution >= 0.6 is 27.5 Å². The Bertz CT molecular complexity index is 620. The molecule has 0 aliphatic rings. The van der Waals surface area contributed by atoms with Gasteiger partial charge in [0.2, 0.25) is 0 Å². The monoisotopic (exact) mass is 368 g/mol. The molecule has 106 valence electrons. The van der Waals surface area contributed by atoms with Gasteiger partial charge >= 0.3 is 0 Å². The van der Waals surface area contributed by atoms with Crippen LogP contribution in [0.5, 0.6) is 0 Å². The van der Waals surface area contributed by atoms with Crippen molar-refractivity contribution >= 4 is 27.5 Å². The van der Waals surface area contributed by atoms with Crippen molar-refractivity contribution in [2.75, 3.05) is 0 Å². The Labute approximate surface area is 124 Å². The quantitative estimate of drug-likeness (QED) is 0.599. The van der Waals surface area contributed by atoms with E-state index in [2.05, 4.69) is 15.9 Å². The highest BCUT2D eigenvalue weighted by molar-refractivity contribution is 9.10. The summed E-state index contributed by atoms with van der Waals surface area (Å²) in [6.45, 7) is 0. The van der Waals surface area contributed by atoms with Crippen molar-refractivity contribution in [1.82, 2.24) is 0 Å². The lowest BCUT2D eigenvalue weighted by Crippen LogP contribution is -2.08. The zero-order chi connectivity index (χ0) is 15.0.